The van der Waals surface area contributed by atoms with Crippen LogP contribution in [-0.4, -0.2) is 27.7 Å². The highest BCUT2D eigenvalue weighted by atomic mass is 32.2. The summed E-state index contributed by atoms with van der Waals surface area (Å²) in [4.78, 5) is 12.2. The van der Waals surface area contributed by atoms with E-state index in [1.54, 1.807) is 32.0 Å². The number of methoxy groups -OCH3 is 1. The zero-order chi connectivity index (χ0) is 17.2. The van der Waals surface area contributed by atoms with Gasteiger partial charge in [0.2, 0.25) is 0 Å². The fourth-order valence-corrected chi connectivity index (χ4v) is 3.01. The number of amides is 1. The second-order valence-corrected chi connectivity index (χ2v) is 7.31. The summed E-state index contributed by atoms with van der Waals surface area (Å²) in [6, 6.07) is 6.08. The maximum absolute atomic E-state index is 12.1. The molecule has 2 rings (SSSR count). The van der Waals surface area contributed by atoms with Gasteiger partial charge in [-0.3, -0.25) is 4.79 Å². The van der Waals surface area contributed by atoms with Crippen LogP contribution in [0.25, 0.3) is 0 Å². The fraction of sp³-hybridized carbons (Fsp3) is 0.312. The van der Waals surface area contributed by atoms with Crippen molar-refractivity contribution in [1.29, 1.82) is 0 Å². The van der Waals surface area contributed by atoms with Crippen molar-refractivity contribution < 1.29 is 22.4 Å². The molecule has 1 aromatic carbocycles. The van der Waals surface area contributed by atoms with Gasteiger partial charge >= 0.3 is 0 Å². The van der Waals surface area contributed by atoms with E-state index in [-0.39, 0.29) is 22.6 Å². The van der Waals surface area contributed by atoms with Gasteiger partial charge in [0.15, 0.2) is 9.84 Å². The Morgan fingerprint density at radius 1 is 1.30 bits per heavy atom. The lowest BCUT2D eigenvalue weighted by Crippen LogP contribution is -2.26. The fourth-order valence-electron chi connectivity index (χ4n) is 2.19. The van der Waals surface area contributed by atoms with Crippen LogP contribution in [0.15, 0.2) is 39.8 Å². The average molecular weight is 337 g/mol. The summed E-state index contributed by atoms with van der Waals surface area (Å²) < 4.78 is 33.7. The van der Waals surface area contributed by atoms with E-state index >= 15 is 0 Å². The van der Waals surface area contributed by atoms with Crippen LogP contribution in [0, 0.1) is 6.92 Å². The van der Waals surface area contributed by atoms with Gasteiger partial charge in [0.05, 0.1) is 18.7 Å². The Morgan fingerprint density at radius 3 is 2.52 bits per heavy atom. The molecule has 0 aliphatic rings. The first kappa shape index (κ1) is 17.1. The number of furan rings is 1. The Bertz CT molecular complexity index is 823. The van der Waals surface area contributed by atoms with Gasteiger partial charge in [-0.25, -0.2) is 8.42 Å². The van der Waals surface area contributed by atoms with Crippen molar-refractivity contribution in [2.24, 2.45) is 0 Å². The molecule has 1 N–H and O–H groups in total. The van der Waals surface area contributed by atoms with Crippen LogP contribution in [0.2, 0.25) is 0 Å². The van der Waals surface area contributed by atoms with Gasteiger partial charge in [0.25, 0.3) is 5.91 Å². The molecule has 1 unspecified atom stereocenters. The largest absolute Gasteiger partial charge is 0.495 e. The maximum Gasteiger partial charge on any atom is 0.255 e. The number of carbonyl (C=O) groups is 1. The van der Waals surface area contributed by atoms with E-state index < -0.39 is 9.84 Å². The minimum absolute atomic E-state index is 0.118. The highest BCUT2D eigenvalue weighted by Gasteiger charge is 2.18. The monoisotopic (exact) mass is 337 g/mol. The number of rotatable bonds is 5. The minimum Gasteiger partial charge on any atom is -0.495 e. The van der Waals surface area contributed by atoms with Gasteiger partial charge in [0, 0.05) is 6.26 Å². The van der Waals surface area contributed by atoms with Gasteiger partial charge < -0.3 is 14.5 Å². The predicted octanol–water partition coefficient (Wildman–Crippen LogP) is 2.49. The lowest BCUT2D eigenvalue weighted by atomic mass is 10.1. The molecule has 1 atom stereocenters. The first-order valence-electron chi connectivity index (χ1n) is 6.96. The van der Waals surface area contributed by atoms with Crippen LogP contribution >= 0.6 is 0 Å². The van der Waals surface area contributed by atoms with Crippen molar-refractivity contribution in [2.45, 2.75) is 24.8 Å². The highest BCUT2D eigenvalue weighted by Crippen LogP contribution is 2.27. The van der Waals surface area contributed by atoms with Crippen molar-refractivity contribution in [3.05, 3.63) is 47.4 Å². The van der Waals surface area contributed by atoms with Crippen molar-refractivity contribution >= 4 is 15.7 Å². The van der Waals surface area contributed by atoms with Gasteiger partial charge in [0.1, 0.15) is 22.7 Å². The van der Waals surface area contributed by atoms with Gasteiger partial charge in [-0.15, -0.1) is 0 Å². The minimum atomic E-state index is -3.38. The van der Waals surface area contributed by atoms with E-state index in [9.17, 15) is 13.2 Å². The van der Waals surface area contributed by atoms with E-state index in [4.69, 9.17) is 9.15 Å². The lowest BCUT2D eigenvalue weighted by molar-refractivity contribution is 0.0939. The molecule has 0 bridgehead atoms. The van der Waals surface area contributed by atoms with Gasteiger partial charge in [-0.05, 0) is 37.6 Å². The topological polar surface area (TPSA) is 85.6 Å². The Kier molecular flexibility index (Phi) is 4.79. The number of aryl methyl sites for hydroxylation is 1. The number of carbonyl (C=O) groups excluding carboxylic acids is 1. The molecule has 0 aliphatic heterocycles. The van der Waals surface area contributed by atoms with E-state index in [2.05, 4.69) is 5.32 Å². The van der Waals surface area contributed by atoms with Crippen LogP contribution in [0.5, 0.6) is 5.75 Å². The van der Waals surface area contributed by atoms with Gasteiger partial charge in [-0.1, -0.05) is 6.07 Å². The molecule has 0 fully saturated rings. The third-order valence-electron chi connectivity index (χ3n) is 3.43. The summed E-state index contributed by atoms with van der Waals surface area (Å²) in [5.41, 5.74) is 1.18. The molecule has 6 nitrogen and oxygen atoms in total. The van der Waals surface area contributed by atoms with Crippen molar-refractivity contribution in [3.63, 3.8) is 0 Å². The molecule has 7 heteroatoms. The quantitative estimate of drug-likeness (QED) is 0.906. The zero-order valence-corrected chi connectivity index (χ0v) is 14.2. The van der Waals surface area contributed by atoms with Crippen LogP contribution in [-0.2, 0) is 9.84 Å². The first-order chi connectivity index (χ1) is 10.7. The number of hydrogen-bond acceptors (Lipinski definition) is 5. The number of ether oxygens (including phenoxy) is 1. The van der Waals surface area contributed by atoms with Crippen LogP contribution in [0.4, 0.5) is 0 Å². The van der Waals surface area contributed by atoms with Crippen LogP contribution in [0.1, 0.15) is 34.6 Å². The molecule has 0 saturated carbocycles. The van der Waals surface area contributed by atoms with Gasteiger partial charge in [-0.2, -0.15) is 0 Å². The summed E-state index contributed by atoms with van der Waals surface area (Å²) in [7, 11) is -1.97. The maximum atomic E-state index is 12.1. The third-order valence-corrected chi connectivity index (χ3v) is 4.56. The standard InChI is InChI=1S/C16H19NO5S/c1-10-7-13(9-22-10)16(18)17-11(2)12-5-6-15(23(4,19)20)14(8-12)21-3/h5-9,11H,1-4H3,(H,17,18). The van der Waals surface area contributed by atoms with E-state index in [1.165, 1.54) is 19.4 Å². The summed E-state index contributed by atoms with van der Waals surface area (Å²) in [5, 5.41) is 2.83. The molecule has 2 aromatic rings. The Labute approximate surface area is 135 Å². The molecular formula is C16H19NO5S. The number of benzene rings is 1. The number of hydrogen-bond donors (Lipinski definition) is 1. The predicted molar refractivity (Wildman–Crippen MR) is 85.4 cm³/mol. The van der Waals surface area contributed by atoms with Crippen LogP contribution in [0.3, 0.4) is 0 Å². The van der Waals surface area contributed by atoms with Crippen molar-refractivity contribution in [2.75, 3.05) is 13.4 Å². The number of sulfone groups is 1. The Hall–Kier alpha value is -2.28. The molecule has 0 saturated heterocycles. The molecule has 0 radical (unpaired) electrons. The second-order valence-electron chi connectivity index (χ2n) is 5.32. The average Bonchev–Trinajstić information content (AvgIpc) is 2.92. The summed E-state index contributed by atoms with van der Waals surface area (Å²) in [6.45, 7) is 3.56. The zero-order valence-electron chi connectivity index (χ0n) is 13.4. The third kappa shape index (κ3) is 3.92. The first-order valence-corrected chi connectivity index (χ1v) is 8.85. The second kappa shape index (κ2) is 6.45. The summed E-state index contributed by atoms with van der Waals surface area (Å²) in [5.74, 6) is 0.646. The van der Waals surface area contributed by atoms with Crippen molar-refractivity contribution in [1.82, 2.24) is 5.32 Å². The van der Waals surface area contributed by atoms with E-state index in [0.29, 0.717) is 11.3 Å². The molecule has 23 heavy (non-hydrogen) atoms. The molecule has 1 amide bonds. The summed E-state index contributed by atoms with van der Waals surface area (Å²) in [6.07, 6.45) is 2.52. The highest BCUT2D eigenvalue weighted by molar-refractivity contribution is 7.90. The van der Waals surface area contributed by atoms with E-state index in [1.807, 2.05) is 0 Å². The molecule has 1 aromatic heterocycles. The molecule has 1 heterocycles. The Balaban J connectivity index is 2.23. The van der Waals surface area contributed by atoms with Crippen molar-refractivity contribution in [3.8, 4) is 5.75 Å². The molecule has 0 spiro atoms. The Morgan fingerprint density at radius 2 is 2.00 bits per heavy atom. The number of nitrogens with one attached hydrogen (secondary N) is 1. The smallest absolute Gasteiger partial charge is 0.255 e. The molecular weight excluding hydrogens is 318 g/mol. The summed E-state index contributed by atoms with van der Waals surface area (Å²) >= 11 is 0. The lowest BCUT2D eigenvalue weighted by Gasteiger charge is -2.16. The molecule has 0 aliphatic carbocycles. The normalized spacial score (nSPS) is 12.7. The SMILES string of the molecule is COc1cc(C(C)NC(=O)c2coc(C)c2)ccc1S(C)(=O)=O. The molecule has 124 valence electrons. The van der Waals surface area contributed by atoms with Crippen LogP contribution < -0.4 is 10.1 Å². The van der Waals surface area contributed by atoms with E-state index in [0.717, 1.165) is 11.8 Å².